The van der Waals surface area contributed by atoms with Crippen LogP contribution in [0.3, 0.4) is 0 Å². The van der Waals surface area contributed by atoms with Crippen LogP contribution in [0.4, 0.5) is 4.39 Å². The van der Waals surface area contributed by atoms with Crippen LogP contribution < -0.4 is 0 Å². The Labute approximate surface area is 123 Å². The lowest BCUT2D eigenvalue weighted by atomic mass is 10.1. The Morgan fingerprint density at radius 2 is 2.00 bits per heavy atom. The minimum Gasteiger partial charge on any atom is -0.362 e. The zero-order chi connectivity index (χ0) is 14.8. The highest BCUT2D eigenvalue weighted by atomic mass is 19.1. The molecule has 0 N–H and O–H groups in total. The number of aromatic nitrogens is 2. The molecular formula is C16H17FN4. The molecule has 0 saturated carbocycles. The highest BCUT2D eigenvalue weighted by Crippen LogP contribution is 2.19. The summed E-state index contributed by atoms with van der Waals surface area (Å²) in [5.74, 6) is -0.201. The van der Waals surface area contributed by atoms with Crippen molar-refractivity contribution in [2.45, 2.75) is 13.5 Å². The first-order valence-corrected chi connectivity index (χ1v) is 6.83. The van der Waals surface area contributed by atoms with Crippen LogP contribution in [-0.2, 0) is 6.54 Å². The summed E-state index contributed by atoms with van der Waals surface area (Å²) in [5.41, 5.74) is 3.17. The van der Waals surface area contributed by atoms with Gasteiger partial charge in [-0.1, -0.05) is 0 Å². The largest absolute Gasteiger partial charge is 0.362 e. The molecule has 3 rings (SSSR count). The van der Waals surface area contributed by atoms with Crippen LogP contribution in [0, 0.1) is 12.7 Å². The van der Waals surface area contributed by atoms with Gasteiger partial charge in [0.2, 0.25) is 0 Å². The van der Waals surface area contributed by atoms with Gasteiger partial charge in [0.25, 0.3) is 0 Å². The molecule has 0 amide bonds. The van der Waals surface area contributed by atoms with Crippen LogP contribution >= 0.6 is 0 Å². The first-order valence-electron chi connectivity index (χ1n) is 6.83. The Kier molecular flexibility index (Phi) is 3.56. The predicted octanol–water partition coefficient (Wildman–Crippen LogP) is 2.77. The summed E-state index contributed by atoms with van der Waals surface area (Å²) in [6.07, 6.45) is 4.07. The number of hydrogen-bond acceptors (Lipinski definition) is 4. The van der Waals surface area contributed by atoms with Gasteiger partial charge >= 0.3 is 0 Å². The second-order valence-electron chi connectivity index (χ2n) is 5.32. The van der Waals surface area contributed by atoms with E-state index in [0.29, 0.717) is 5.56 Å². The summed E-state index contributed by atoms with van der Waals surface area (Å²) in [6.45, 7) is 3.34. The molecule has 2 heterocycles. The van der Waals surface area contributed by atoms with Gasteiger partial charge in [-0.3, -0.25) is 0 Å². The van der Waals surface area contributed by atoms with Crippen LogP contribution in [-0.4, -0.2) is 33.7 Å². The van der Waals surface area contributed by atoms with E-state index in [2.05, 4.69) is 20.0 Å². The molecule has 4 nitrogen and oxygen atoms in total. The topological polar surface area (TPSA) is 32.3 Å². The fraction of sp³-hybridized carbons (Fsp3) is 0.250. The van der Waals surface area contributed by atoms with Crippen molar-refractivity contribution in [3.63, 3.8) is 0 Å². The van der Waals surface area contributed by atoms with Gasteiger partial charge in [0.05, 0.1) is 24.6 Å². The summed E-state index contributed by atoms with van der Waals surface area (Å²) < 4.78 is 13.3. The fourth-order valence-corrected chi connectivity index (χ4v) is 2.30. The first-order chi connectivity index (χ1) is 10.1. The van der Waals surface area contributed by atoms with Crippen molar-refractivity contribution in [2.75, 3.05) is 13.7 Å². The standard InChI is InChI=1S/C16H17FN4/c1-12-9-13(3-5-15(12)17)16-6-4-14(18-19-16)10-21-8-7-20(2)11-21/h3-9H,10-11H2,1-2H3. The summed E-state index contributed by atoms with van der Waals surface area (Å²) in [6, 6.07) is 8.87. The molecule has 1 aromatic carbocycles. The molecule has 0 saturated heterocycles. The minimum absolute atomic E-state index is 0.201. The molecule has 1 aliphatic rings. The molecule has 1 aromatic heterocycles. The first kappa shape index (κ1) is 13.5. The summed E-state index contributed by atoms with van der Waals surface area (Å²) in [7, 11) is 2.03. The third-order valence-corrected chi connectivity index (χ3v) is 3.48. The van der Waals surface area contributed by atoms with E-state index in [-0.39, 0.29) is 5.82 Å². The van der Waals surface area contributed by atoms with Crippen molar-refractivity contribution in [2.24, 2.45) is 0 Å². The number of aryl methyl sites for hydroxylation is 1. The average molecular weight is 284 g/mol. The fourth-order valence-electron chi connectivity index (χ4n) is 2.30. The van der Waals surface area contributed by atoms with Crippen molar-refractivity contribution in [3.8, 4) is 11.3 Å². The number of nitrogens with zero attached hydrogens (tertiary/aromatic N) is 4. The maximum absolute atomic E-state index is 13.3. The molecule has 0 bridgehead atoms. The molecule has 0 radical (unpaired) electrons. The quantitative estimate of drug-likeness (QED) is 0.867. The van der Waals surface area contributed by atoms with Crippen LogP contribution in [0.25, 0.3) is 11.3 Å². The Morgan fingerprint density at radius 3 is 2.62 bits per heavy atom. The maximum Gasteiger partial charge on any atom is 0.126 e. The number of benzene rings is 1. The zero-order valence-corrected chi connectivity index (χ0v) is 12.1. The lowest BCUT2D eigenvalue weighted by Crippen LogP contribution is -2.22. The molecule has 108 valence electrons. The molecule has 5 heteroatoms. The Bertz CT molecular complexity index is 666. The van der Waals surface area contributed by atoms with Gasteiger partial charge in [-0.25, -0.2) is 4.39 Å². The molecule has 1 aliphatic heterocycles. The molecule has 0 atom stereocenters. The Balaban J connectivity index is 1.74. The molecule has 2 aromatic rings. The smallest absolute Gasteiger partial charge is 0.126 e. The minimum atomic E-state index is -0.201. The molecule has 0 fully saturated rings. The molecule has 21 heavy (non-hydrogen) atoms. The SMILES string of the molecule is Cc1cc(-c2ccc(CN3C=CN(C)C3)nn2)ccc1F. The van der Waals surface area contributed by atoms with Crippen LogP contribution in [0.1, 0.15) is 11.3 Å². The second kappa shape index (κ2) is 5.52. The predicted molar refractivity (Wildman–Crippen MR) is 79.5 cm³/mol. The number of hydrogen-bond donors (Lipinski definition) is 0. The molecule has 0 unspecified atom stereocenters. The molecular weight excluding hydrogens is 267 g/mol. The van der Waals surface area contributed by atoms with E-state index in [1.165, 1.54) is 6.07 Å². The van der Waals surface area contributed by atoms with E-state index in [1.807, 2.05) is 31.6 Å². The van der Waals surface area contributed by atoms with E-state index >= 15 is 0 Å². The highest BCUT2D eigenvalue weighted by molar-refractivity contribution is 5.59. The Morgan fingerprint density at radius 1 is 1.14 bits per heavy atom. The third-order valence-electron chi connectivity index (χ3n) is 3.48. The zero-order valence-electron chi connectivity index (χ0n) is 12.1. The van der Waals surface area contributed by atoms with Crippen molar-refractivity contribution < 1.29 is 4.39 Å². The van der Waals surface area contributed by atoms with Gasteiger partial charge < -0.3 is 9.80 Å². The number of rotatable bonds is 3. The van der Waals surface area contributed by atoms with Crippen molar-refractivity contribution in [3.05, 3.63) is 59.8 Å². The van der Waals surface area contributed by atoms with Gasteiger partial charge in [0.1, 0.15) is 5.82 Å². The third kappa shape index (κ3) is 3.02. The summed E-state index contributed by atoms with van der Waals surface area (Å²) in [4.78, 5) is 4.26. The Hall–Kier alpha value is -2.43. The molecule has 0 aliphatic carbocycles. The molecule has 0 spiro atoms. The van der Waals surface area contributed by atoms with E-state index in [1.54, 1.807) is 19.1 Å². The normalized spacial score (nSPS) is 14.0. The van der Waals surface area contributed by atoms with Crippen molar-refractivity contribution >= 4 is 0 Å². The van der Waals surface area contributed by atoms with Gasteiger partial charge in [0, 0.05) is 25.0 Å². The second-order valence-corrected chi connectivity index (χ2v) is 5.32. The average Bonchev–Trinajstić information content (AvgIpc) is 2.88. The number of halogens is 1. The van der Waals surface area contributed by atoms with Crippen molar-refractivity contribution in [1.82, 2.24) is 20.0 Å². The lowest BCUT2D eigenvalue weighted by Gasteiger charge is -2.17. The van der Waals surface area contributed by atoms with E-state index < -0.39 is 0 Å². The summed E-state index contributed by atoms with van der Waals surface area (Å²) in [5, 5.41) is 8.50. The van der Waals surface area contributed by atoms with E-state index in [9.17, 15) is 4.39 Å². The van der Waals surface area contributed by atoms with Crippen LogP contribution in [0.15, 0.2) is 42.7 Å². The monoisotopic (exact) mass is 284 g/mol. The van der Waals surface area contributed by atoms with Crippen LogP contribution in [0.5, 0.6) is 0 Å². The lowest BCUT2D eigenvalue weighted by molar-refractivity contribution is 0.287. The van der Waals surface area contributed by atoms with E-state index in [4.69, 9.17) is 0 Å². The van der Waals surface area contributed by atoms with E-state index in [0.717, 1.165) is 30.2 Å². The highest BCUT2D eigenvalue weighted by Gasteiger charge is 2.10. The van der Waals surface area contributed by atoms with Crippen molar-refractivity contribution in [1.29, 1.82) is 0 Å². The summed E-state index contributed by atoms with van der Waals surface area (Å²) >= 11 is 0. The van der Waals surface area contributed by atoms with Gasteiger partial charge in [-0.05, 0) is 42.8 Å². The van der Waals surface area contributed by atoms with Crippen LogP contribution in [0.2, 0.25) is 0 Å². The van der Waals surface area contributed by atoms with Gasteiger partial charge in [0.15, 0.2) is 0 Å². The van der Waals surface area contributed by atoms with Gasteiger partial charge in [-0.2, -0.15) is 10.2 Å². The maximum atomic E-state index is 13.3. The van der Waals surface area contributed by atoms with Gasteiger partial charge in [-0.15, -0.1) is 0 Å².